The lowest BCUT2D eigenvalue weighted by Gasteiger charge is -2.29. The lowest BCUT2D eigenvalue weighted by molar-refractivity contribution is 0.211. The zero-order valence-corrected chi connectivity index (χ0v) is 13.7. The Labute approximate surface area is 125 Å². The maximum Gasteiger partial charge on any atom is 0.160 e. The fourth-order valence-corrected chi connectivity index (χ4v) is 2.99. The maximum atomic E-state index is 6.07. The second-order valence-electron chi connectivity index (χ2n) is 6.45. The first kappa shape index (κ1) is 15.3. The van der Waals surface area contributed by atoms with Crippen molar-refractivity contribution in [3.8, 4) is 0 Å². The molecule has 0 unspecified atom stereocenters. The second-order valence-corrected chi connectivity index (χ2v) is 6.72. The molecule has 0 fully saturated rings. The monoisotopic (exact) mass is 294 g/mol. The molecule has 0 amide bonds. The number of alkyl halides is 1. The van der Waals surface area contributed by atoms with Gasteiger partial charge in [-0.05, 0) is 38.1 Å². The van der Waals surface area contributed by atoms with Gasteiger partial charge in [0, 0.05) is 19.3 Å². The number of hydrogen-bond acceptors (Lipinski definition) is 3. The van der Waals surface area contributed by atoms with E-state index in [1.807, 2.05) is 12.3 Å². The highest BCUT2D eigenvalue weighted by atomic mass is 35.5. The quantitative estimate of drug-likeness (QED) is 0.795. The minimum absolute atomic E-state index is 0.128. The number of halogens is 1. The van der Waals surface area contributed by atoms with Crippen LogP contribution in [0.3, 0.4) is 0 Å². The summed E-state index contributed by atoms with van der Waals surface area (Å²) >= 11 is 6.07. The van der Waals surface area contributed by atoms with E-state index in [-0.39, 0.29) is 5.41 Å². The van der Waals surface area contributed by atoms with Crippen molar-refractivity contribution in [1.29, 1.82) is 0 Å². The van der Waals surface area contributed by atoms with Crippen LogP contribution in [-0.4, -0.2) is 40.1 Å². The summed E-state index contributed by atoms with van der Waals surface area (Å²) in [7, 11) is 4.19. The Kier molecular flexibility index (Phi) is 4.35. The van der Waals surface area contributed by atoms with Crippen LogP contribution in [-0.2, 0) is 12.4 Å². The molecule has 0 spiro atoms. The summed E-state index contributed by atoms with van der Waals surface area (Å²) in [6, 6.07) is 1.99. The molecule has 2 rings (SSSR count). The van der Waals surface area contributed by atoms with Crippen LogP contribution in [0.1, 0.15) is 25.2 Å². The van der Waals surface area contributed by atoms with Gasteiger partial charge in [-0.1, -0.05) is 13.8 Å². The van der Waals surface area contributed by atoms with Gasteiger partial charge in [-0.25, -0.2) is 9.97 Å². The molecule has 0 saturated carbocycles. The number of aromatic nitrogens is 3. The van der Waals surface area contributed by atoms with Gasteiger partial charge in [0.1, 0.15) is 11.3 Å². The van der Waals surface area contributed by atoms with Crippen molar-refractivity contribution in [2.75, 3.05) is 20.6 Å². The predicted octanol–water partition coefficient (Wildman–Crippen LogP) is 3.07. The highest BCUT2D eigenvalue weighted by Crippen LogP contribution is 2.25. The van der Waals surface area contributed by atoms with E-state index in [1.165, 1.54) is 0 Å². The number of aryl methyl sites for hydroxylation is 1. The fourth-order valence-electron chi connectivity index (χ4n) is 2.79. The average Bonchev–Trinajstić information content (AvgIpc) is 2.67. The molecule has 0 N–H and O–H groups in total. The first-order chi connectivity index (χ1) is 9.34. The summed E-state index contributed by atoms with van der Waals surface area (Å²) in [5.41, 5.74) is 3.17. The van der Waals surface area contributed by atoms with Crippen molar-refractivity contribution in [3.05, 3.63) is 23.7 Å². The van der Waals surface area contributed by atoms with Crippen LogP contribution in [0.5, 0.6) is 0 Å². The molecule has 0 aromatic carbocycles. The molecule has 20 heavy (non-hydrogen) atoms. The van der Waals surface area contributed by atoms with Gasteiger partial charge in [-0.2, -0.15) is 0 Å². The summed E-state index contributed by atoms with van der Waals surface area (Å²) in [4.78, 5) is 11.4. The van der Waals surface area contributed by atoms with Gasteiger partial charge in [-0.15, -0.1) is 11.6 Å². The van der Waals surface area contributed by atoms with Gasteiger partial charge in [0.25, 0.3) is 0 Å². The fraction of sp³-hybridized carbons (Fsp3) is 0.600. The lowest BCUT2D eigenvalue weighted by atomic mass is 9.93. The Balaban J connectivity index is 2.45. The van der Waals surface area contributed by atoms with Crippen LogP contribution >= 0.6 is 11.6 Å². The van der Waals surface area contributed by atoms with E-state index in [4.69, 9.17) is 11.6 Å². The molecule has 0 atom stereocenters. The molecule has 2 aromatic rings. The Morgan fingerprint density at radius 3 is 2.65 bits per heavy atom. The third-order valence-electron chi connectivity index (χ3n) is 3.36. The molecule has 0 saturated heterocycles. The molecule has 0 bridgehead atoms. The number of pyridine rings is 1. The number of hydrogen-bond donors (Lipinski definition) is 0. The van der Waals surface area contributed by atoms with Crippen LogP contribution in [0.4, 0.5) is 0 Å². The molecular formula is C15H23ClN4. The summed E-state index contributed by atoms with van der Waals surface area (Å²) < 4.78 is 2.17. The Bertz CT molecular complexity index is 601. The molecule has 110 valence electrons. The Morgan fingerprint density at radius 1 is 1.35 bits per heavy atom. The first-order valence-electron chi connectivity index (χ1n) is 6.85. The third kappa shape index (κ3) is 3.13. The van der Waals surface area contributed by atoms with Crippen LogP contribution in [0.2, 0.25) is 0 Å². The maximum absolute atomic E-state index is 6.07. The van der Waals surface area contributed by atoms with Gasteiger partial charge in [-0.3, -0.25) is 0 Å². The van der Waals surface area contributed by atoms with Crippen molar-refractivity contribution in [1.82, 2.24) is 19.4 Å². The summed E-state index contributed by atoms with van der Waals surface area (Å²) in [5, 5.41) is 0. The molecule has 0 aliphatic carbocycles. The molecule has 0 aliphatic rings. The van der Waals surface area contributed by atoms with E-state index in [2.05, 4.69) is 54.3 Å². The van der Waals surface area contributed by atoms with Gasteiger partial charge in [0.15, 0.2) is 5.65 Å². The zero-order valence-electron chi connectivity index (χ0n) is 12.9. The van der Waals surface area contributed by atoms with Crippen molar-refractivity contribution >= 4 is 22.8 Å². The molecule has 2 aromatic heterocycles. The van der Waals surface area contributed by atoms with Gasteiger partial charge in [0.05, 0.1) is 5.88 Å². The largest absolute Gasteiger partial charge is 0.311 e. The number of fused-ring (bicyclic) bond motifs is 1. The number of nitrogens with zero attached hydrogens (tertiary/aromatic N) is 4. The van der Waals surface area contributed by atoms with Crippen molar-refractivity contribution in [2.45, 2.75) is 33.2 Å². The first-order valence-corrected chi connectivity index (χ1v) is 7.39. The van der Waals surface area contributed by atoms with E-state index in [0.717, 1.165) is 35.6 Å². The van der Waals surface area contributed by atoms with E-state index >= 15 is 0 Å². The minimum Gasteiger partial charge on any atom is -0.311 e. The second kappa shape index (κ2) is 5.70. The average molecular weight is 295 g/mol. The molecule has 0 aliphatic heterocycles. The molecule has 2 heterocycles. The van der Waals surface area contributed by atoms with E-state index in [9.17, 15) is 0 Å². The standard InChI is InChI=1S/C15H23ClN4/c1-11-6-7-17-14-13(11)18-12(8-16)20(14)10-15(2,3)9-19(4)5/h6-7H,8-10H2,1-5H3. The molecule has 0 radical (unpaired) electrons. The minimum atomic E-state index is 0.128. The Hall–Kier alpha value is -1.13. The van der Waals surface area contributed by atoms with Crippen molar-refractivity contribution in [3.63, 3.8) is 0 Å². The predicted molar refractivity (Wildman–Crippen MR) is 84.2 cm³/mol. The normalized spacial score (nSPS) is 12.6. The van der Waals surface area contributed by atoms with Gasteiger partial charge in [0.2, 0.25) is 0 Å². The smallest absolute Gasteiger partial charge is 0.160 e. The van der Waals surface area contributed by atoms with Crippen LogP contribution < -0.4 is 0 Å². The third-order valence-corrected chi connectivity index (χ3v) is 3.60. The van der Waals surface area contributed by atoms with Crippen molar-refractivity contribution < 1.29 is 0 Å². The number of imidazole rings is 1. The van der Waals surface area contributed by atoms with E-state index < -0.39 is 0 Å². The SMILES string of the molecule is Cc1ccnc2c1nc(CCl)n2CC(C)(C)CN(C)C. The van der Waals surface area contributed by atoms with Gasteiger partial charge < -0.3 is 9.47 Å². The van der Waals surface area contributed by atoms with Crippen LogP contribution in [0, 0.1) is 12.3 Å². The summed E-state index contributed by atoms with van der Waals surface area (Å²) in [5.74, 6) is 1.31. The van der Waals surface area contributed by atoms with Crippen LogP contribution in [0.15, 0.2) is 12.3 Å². The summed E-state index contributed by atoms with van der Waals surface area (Å²) in [6.07, 6.45) is 1.84. The lowest BCUT2D eigenvalue weighted by Crippen LogP contribution is -2.32. The molecule has 5 heteroatoms. The topological polar surface area (TPSA) is 34.0 Å². The molecule has 4 nitrogen and oxygen atoms in total. The van der Waals surface area contributed by atoms with Gasteiger partial charge >= 0.3 is 0 Å². The van der Waals surface area contributed by atoms with Crippen molar-refractivity contribution in [2.24, 2.45) is 5.41 Å². The van der Waals surface area contributed by atoms with E-state index in [1.54, 1.807) is 0 Å². The summed E-state index contributed by atoms with van der Waals surface area (Å²) in [6.45, 7) is 8.43. The number of rotatable bonds is 5. The van der Waals surface area contributed by atoms with E-state index in [0.29, 0.717) is 5.88 Å². The highest BCUT2D eigenvalue weighted by molar-refractivity contribution is 6.16. The highest BCUT2D eigenvalue weighted by Gasteiger charge is 2.23. The Morgan fingerprint density at radius 2 is 2.05 bits per heavy atom. The molecular weight excluding hydrogens is 272 g/mol. The zero-order chi connectivity index (χ0) is 14.9. The van der Waals surface area contributed by atoms with Crippen LogP contribution in [0.25, 0.3) is 11.2 Å².